The molecule has 0 aliphatic carbocycles. The van der Waals surface area contributed by atoms with Crippen molar-refractivity contribution in [2.75, 3.05) is 31.1 Å². The maximum Gasteiger partial charge on any atom is 0.159 e. The van der Waals surface area contributed by atoms with E-state index in [2.05, 4.69) is 53.9 Å². The van der Waals surface area contributed by atoms with Crippen LogP contribution in [-0.4, -0.2) is 60.8 Å². The molecule has 5 rings (SSSR count). The molecule has 8 heteroatoms. The maximum absolute atomic E-state index is 4.55. The molecule has 8 nitrogen and oxygen atoms in total. The van der Waals surface area contributed by atoms with Gasteiger partial charge in [0.25, 0.3) is 0 Å². The van der Waals surface area contributed by atoms with Crippen LogP contribution in [0.2, 0.25) is 0 Å². The van der Waals surface area contributed by atoms with E-state index in [1.165, 1.54) is 5.56 Å². The highest BCUT2D eigenvalue weighted by molar-refractivity contribution is 5.45. The lowest BCUT2D eigenvalue weighted by Crippen LogP contribution is -2.29. The Morgan fingerprint density at radius 1 is 0.862 bits per heavy atom. The molecule has 3 aromatic heterocycles. The van der Waals surface area contributed by atoms with Crippen LogP contribution in [0.3, 0.4) is 0 Å². The quantitative estimate of drug-likeness (QED) is 0.674. The van der Waals surface area contributed by atoms with Crippen molar-refractivity contribution in [3.05, 3.63) is 53.6 Å². The van der Waals surface area contributed by atoms with Gasteiger partial charge >= 0.3 is 0 Å². The normalized spacial score (nSPS) is 21.7. The highest BCUT2D eigenvalue weighted by Gasteiger charge is 2.40. The van der Waals surface area contributed by atoms with Crippen molar-refractivity contribution in [2.24, 2.45) is 11.8 Å². The van der Waals surface area contributed by atoms with Crippen LogP contribution in [0.15, 0.2) is 30.9 Å². The summed E-state index contributed by atoms with van der Waals surface area (Å²) in [6, 6.07) is 4.12. The van der Waals surface area contributed by atoms with Gasteiger partial charge in [0.15, 0.2) is 5.82 Å². The number of hydrogen-bond donors (Lipinski definition) is 0. The van der Waals surface area contributed by atoms with E-state index in [4.69, 9.17) is 0 Å². The van der Waals surface area contributed by atoms with Gasteiger partial charge in [0, 0.05) is 62.4 Å². The summed E-state index contributed by atoms with van der Waals surface area (Å²) in [4.78, 5) is 22.6. The van der Waals surface area contributed by atoms with Crippen LogP contribution in [0.5, 0.6) is 0 Å². The fourth-order valence-electron chi connectivity index (χ4n) is 4.65. The first-order chi connectivity index (χ1) is 14.0. The molecule has 0 bridgehead atoms. The Hall–Kier alpha value is -2.87. The van der Waals surface area contributed by atoms with Gasteiger partial charge in [0.05, 0.1) is 5.69 Å². The second kappa shape index (κ2) is 7.18. The van der Waals surface area contributed by atoms with Crippen LogP contribution in [-0.2, 0) is 6.54 Å². The molecule has 0 aromatic carbocycles. The van der Waals surface area contributed by atoms with E-state index in [1.54, 1.807) is 6.33 Å². The number of anilines is 1. The van der Waals surface area contributed by atoms with Crippen molar-refractivity contribution in [2.45, 2.75) is 27.3 Å². The van der Waals surface area contributed by atoms with Crippen molar-refractivity contribution < 1.29 is 0 Å². The molecule has 29 heavy (non-hydrogen) atoms. The monoisotopic (exact) mass is 390 g/mol. The van der Waals surface area contributed by atoms with Crippen molar-refractivity contribution in [1.82, 2.24) is 34.6 Å². The molecular formula is C21H26N8. The molecule has 0 spiro atoms. The molecule has 5 heterocycles. The molecule has 150 valence electrons. The molecule has 2 aliphatic heterocycles. The smallest absolute Gasteiger partial charge is 0.159 e. The fourth-order valence-corrected chi connectivity index (χ4v) is 4.65. The van der Waals surface area contributed by atoms with Gasteiger partial charge in [-0.15, -0.1) is 0 Å². The molecule has 0 saturated carbocycles. The number of nitrogens with zero attached hydrogens (tertiary/aromatic N) is 8. The molecule has 0 radical (unpaired) electrons. The number of aromatic nitrogens is 6. The van der Waals surface area contributed by atoms with Gasteiger partial charge in [-0.05, 0) is 38.7 Å². The Morgan fingerprint density at radius 2 is 1.55 bits per heavy atom. The van der Waals surface area contributed by atoms with Crippen LogP contribution in [0.25, 0.3) is 5.82 Å². The molecule has 0 amide bonds. The Labute approximate surface area is 170 Å². The van der Waals surface area contributed by atoms with E-state index in [1.807, 2.05) is 30.9 Å². The summed E-state index contributed by atoms with van der Waals surface area (Å²) >= 11 is 0. The predicted molar refractivity (Wildman–Crippen MR) is 110 cm³/mol. The largest absolute Gasteiger partial charge is 0.356 e. The second-order valence-corrected chi connectivity index (χ2v) is 8.33. The average molecular weight is 390 g/mol. The summed E-state index contributed by atoms with van der Waals surface area (Å²) in [5, 5.41) is 4.55. The van der Waals surface area contributed by atoms with E-state index < -0.39 is 0 Å². The van der Waals surface area contributed by atoms with Gasteiger partial charge in [0.1, 0.15) is 18.0 Å². The van der Waals surface area contributed by atoms with Gasteiger partial charge in [0.2, 0.25) is 0 Å². The SMILES string of the molecule is Cc1cc(C)n(-c2cc(N3CC4CN(Cc5cnc(C)nc5)CC4C3)ncn2)n1. The second-order valence-electron chi connectivity index (χ2n) is 8.33. The lowest BCUT2D eigenvalue weighted by molar-refractivity contribution is 0.308. The van der Waals surface area contributed by atoms with E-state index in [0.717, 1.165) is 61.6 Å². The molecule has 2 fully saturated rings. The summed E-state index contributed by atoms with van der Waals surface area (Å²) in [7, 11) is 0. The molecule has 2 atom stereocenters. The number of hydrogen-bond acceptors (Lipinski definition) is 7. The zero-order valence-corrected chi connectivity index (χ0v) is 17.2. The molecule has 3 aromatic rings. The van der Waals surface area contributed by atoms with Crippen LogP contribution >= 0.6 is 0 Å². The van der Waals surface area contributed by atoms with Gasteiger partial charge in [-0.1, -0.05) is 0 Å². The van der Waals surface area contributed by atoms with Gasteiger partial charge < -0.3 is 4.90 Å². The highest BCUT2D eigenvalue weighted by atomic mass is 15.3. The number of aryl methyl sites for hydroxylation is 3. The maximum atomic E-state index is 4.55. The summed E-state index contributed by atoms with van der Waals surface area (Å²) < 4.78 is 1.89. The fraction of sp³-hybridized carbons (Fsp3) is 0.476. The third kappa shape index (κ3) is 3.60. The Kier molecular flexibility index (Phi) is 4.50. The average Bonchev–Trinajstić information content (AvgIpc) is 3.36. The van der Waals surface area contributed by atoms with E-state index in [-0.39, 0.29) is 0 Å². The number of fused-ring (bicyclic) bond motifs is 1. The van der Waals surface area contributed by atoms with Gasteiger partial charge in [-0.25, -0.2) is 24.6 Å². The van der Waals surface area contributed by atoms with E-state index >= 15 is 0 Å². The van der Waals surface area contributed by atoms with Gasteiger partial charge in [-0.2, -0.15) is 5.10 Å². The number of rotatable bonds is 4. The Balaban J connectivity index is 1.25. The van der Waals surface area contributed by atoms with Crippen LogP contribution in [0.1, 0.15) is 22.8 Å². The molecule has 2 saturated heterocycles. The summed E-state index contributed by atoms with van der Waals surface area (Å²) in [5.41, 5.74) is 3.27. The summed E-state index contributed by atoms with van der Waals surface area (Å²) in [6.45, 7) is 11.2. The predicted octanol–water partition coefficient (Wildman–Crippen LogP) is 1.95. The zero-order chi connectivity index (χ0) is 20.0. The molecular weight excluding hydrogens is 364 g/mol. The summed E-state index contributed by atoms with van der Waals surface area (Å²) in [6.07, 6.45) is 5.55. The highest BCUT2D eigenvalue weighted by Crippen LogP contribution is 2.34. The van der Waals surface area contributed by atoms with Crippen molar-refractivity contribution >= 4 is 5.82 Å². The molecule has 2 unspecified atom stereocenters. The third-order valence-electron chi connectivity index (χ3n) is 5.99. The van der Waals surface area contributed by atoms with E-state index in [0.29, 0.717) is 11.8 Å². The number of likely N-dealkylation sites (tertiary alicyclic amines) is 1. The molecule has 0 N–H and O–H groups in total. The minimum atomic E-state index is 0.675. The Morgan fingerprint density at radius 3 is 2.21 bits per heavy atom. The first-order valence-electron chi connectivity index (χ1n) is 10.2. The third-order valence-corrected chi connectivity index (χ3v) is 5.99. The minimum Gasteiger partial charge on any atom is -0.356 e. The van der Waals surface area contributed by atoms with Crippen LogP contribution < -0.4 is 4.90 Å². The Bertz CT molecular complexity index is 998. The lowest BCUT2D eigenvalue weighted by atomic mass is 10.0. The standard InChI is InChI=1S/C21H26N8/c1-14-4-15(2)29(26-14)21-5-20(24-13-25-21)28-11-18-9-27(10-19(18)12-28)8-17-6-22-16(3)23-7-17/h4-7,13,18-19H,8-12H2,1-3H3. The van der Waals surface area contributed by atoms with Crippen molar-refractivity contribution in [3.8, 4) is 5.82 Å². The first-order valence-corrected chi connectivity index (χ1v) is 10.2. The zero-order valence-electron chi connectivity index (χ0n) is 17.2. The van der Waals surface area contributed by atoms with Crippen LogP contribution in [0.4, 0.5) is 5.82 Å². The lowest BCUT2D eigenvalue weighted by Gasteiger charge is -2.22. The van der Waals surface area contributed by atoms with E-state index in [9.17, 15) is 0 Å². The van der Waals surface area contributed by atoms with Crippen LogP contribution in [0, 0.1) is 32.6 Å². The summed E-state index contributed by atoms with van der Waals surface area (Å²) in [5.74, 6) is 4.00. The minimum absolute atomic E-state index is 0.675. The molecule has 2 aliphatic rings. The van der Waals surface area contributed by atoms with Crippen molar-refractivity contribution in [1.29, 1.82) is 0 Å². The van der Waals surface area contributed by atoms with Gasteiger partial charge in [-0.3, -0.25) is 4.90 Å². The van der Waals surface area contributed by atoms with Crippen molar-refractivity contribution in [3.63, 3.8) is 0 Å². The topological polar surface area (TPSA) is 75.9 Å². The first kappa shape index (κ1) is 18.2.